The summed E-state index contributed by atoms with van der Waals surface area (Å²) in [4.78, 5) is 2.46. The van der Waals surface area contributed by atoms with E-state index < -0.39 is 0 Å². The molecule has 3 heteroatoms. The number of hydrogen-bond donors (Lipinski definition) is 1. The summed E-state index contributed by atoms with van der Waals surface area (Å²) in [5, 5.41) is 3.38. The first kappa shape index (κ1) is 13.9. The van der Waals surface area contributed by atoms with Crippen LogP contribution in [0.2, 0.25) is 0 Å². The molecule has 0 heterocycles. The van der Waals surface area contributed by atoms with E-state index in [0.717, 1.165) is 26.2 Å². The molecule has 0 saturated heterocycles. The van der Waals surface area contributed by atoms with Crippen molar-refractivity contribution in [3.8, 4) is 0 Å². The molecule has 0 rings (SSSR count). The van der Waals surface area contributed by atoms with Crippen molar-refractivity contribution < 1.29 is 4.74 Å². The normalized spacial score (nSPS) is 13.9. The molecule has 0 aromatic rings. The van der Waals surface area contributed by atoms with Gasteiger partial charge in [-0.15, -0.1) is 0 Å². The van der Waals surface area contributed by atoms with Gasteiger partial charge in [-0.25, -0.2) is 0 Å². The fourth-order valence-corrected chi connectivity index (χ4v) is 1.82. The van der Waals surface area contributed by atoms with Gasteiger partial charge in [-0.2, -0.15) is 0 Å². The molecule has 0 aliphatic carbocycles. The zero-order valence-electron chi connectivity index (χ0n) is 10.3. The summed E-state index contributed by atoms with van der Waals surface area (Å²) in [5.74, 6) is 0. The average molecular weight is 202 g/mol. The molecule has 0 aromatic carbocycles. The number of ether oxygens (including phenoxy) is 1. The van der Waals surface area contributed by atoms with E-state index >= 15 is 0 Å². The maximum atomic E-state index is 5.25. The van der Waals surface area contributed by atoms with E-state index in [-0.39, 0.29) is 0 Å². The molecule has 0 aliphatic rings. The molecule has 0 amide bonds. The topological polar surface area (TPSA) is 24.5 Å². The lowest BCUT2D eigenvalue weighted by molar-refractivity contribution is 0.0737. The van der Waals surface area contributed by atoms with Crippen LogP contribution in [0.4, 0.5) is 0 Å². The van der Waals surface area contributed by atoms with Crippen molar-refractivity contribution in [2.24, 2.45) is 0 Å². The fraction of sp³-hybridized carbons (Fsp3) is 1.00. The molecule has 1 N–H and O–H groups in total. The highest BCUT2D eigenvalue weighted by molar-refractivity contribution is 4.75. The molecule has 0 bridgehead atoms. The second-order valence-corrected chi connectivity index (χ2v) is 3.84. The summed E-state index contributed by atoms with van der Waals surface area (Å²) in [7, 11) is 1.77. The summed E-state index contributed by atoms with van der Waals surface area (Å²) < 4.78 is 5.25. The summed E-state index contributed by atoms with van der Waals surface area (Å²) in [6.07, 6.45) is 0. The Bertz CT molecular complexity index is 128. The molecular formula is C11H26N2O. The maximum Gasteiger partial charge on any atom is 0.0630 e. The van der Waals surface area contributed by atoms with Crippen molar-refractivity contribution in [2.45, 2.75) is 39.8 Å². The van der Waals surface area contributed by atoms with Gasteiger partial charge in [-0.1, -0.05) is 13.8 Å². The van der Waals surface area contributed by atoms with Crippen LogP contribution in [0.15, 0.2) is 0 Å². The van der Waals surface area contributed by atoms with Gasteiger partial charge in [0.25, 0.3) is 0 Å². The van der Waals surface area contributed by atoms with Gasteiger partial charge in [0.1, 0.15) is 0 Å². The highest BCUT2D eigenvalue weighted by Gasteiger charge is 2.18. The van der Waals surface area contributed by atoms with Gasteiger partial charge < -0.3 is 10.1 Å². The number of likely N-dealkylation sites (N-methyl/N-ethyl adjacent to an activating group) is 2. The van der Waals surface area contributed by atoms with Crippen LogP contribution in [0.25, 0.3) is 0 Å². The zero-order valence-corrected chi connectivity index (χ0v) is 10.3. The molecule has 1 unspecified atom stereocenters. The quantitative estimate of drug-likeness (QED) is 0.643. The van der Waals surface area contributed by atoms with Crippen molar-refractivity contribution in [1.29, 1.82) is 0 Å². The molecule has 86 valence electrons. The Labute approximate surface area is 88.8 Å². The fourth-order valence-electron chi connectivity index (χ4n) is 1.82. The van der Waals surface area contributed by atoms with Gasteiger partial charge in [-0.3, -0.25) is 4.90 Å². The minimum atomic E-state index is 0.491. The number of nitrogens with zero attached hydrogens (tertiary/aromatic N) is 1. The van der Waals surface area contributed by atoms with Crippen molar-refractivity contribution >= 4 is 0 Å². The van der Waals surface area contributed by atoms with E-state index in [9.17, 15) is 0 Å². The van der Waals surface area contributed by atoms with Crippen molar-refractivity contribution in [3.63, 3.8) is 0 Å². The van der Waals surface area contributed by atoms with E-state index in [0.29, 0.717) is 12.1 Å². The second-order valence-electron chi connectivity index (χ2n) is 3.84. The molecule has 0 aromatic heterocycles. The molecule has 0 spiro atoms. The third-order valence-corrected chi connectivity index (χ3v) is 2.49. The summed E-state index contributed by atoms with van der Waals surface area (Å²) >= 11 is 0. The Kier molecular flexibility index (Phi) is 8.14. The standard InChI is InChI=1S/C11H26N2O/c1-6-12-8-11(9-14-5)13(7-2)10(3)4/h10-12H,6-9H2,1-5H3. The first-order chi connectivity index (χ1) is 6.67. The van der Waals surface area contributed by atoms with Crippen molar-refractivity contribution in [3.05, 3.63) is 0 Å². The maximum absolute atomic E-state index is 5.25. The Morgan fingerprint density at radius 1 is 1.29 bits per heavy atom. The van der Waals surface area contributed by atoms with Crippen LogP contribution in [0, 0.1) is 0 Å². The predicted molar refractivity (Wildman–Crippen MR) is 61.7 cm³/mol. The number of nitrogens with one attached hydrogen (secondary N) is 1. The highest BCUT2D eigenvalue weighted by atomic mass is 16.5. The zero-order chi connectivity index (χ0) is 11.0. The van der Waals surface area contributed by atoms with Crippen LogP contribution in [0.3, 0.4) is 0 Å². The molecule has 0 fully saturated rings. The van der Waals surface area contributed by atoms with E-state index in [1.54, 1.807) is 7.11 Å². The number of rotatable bonds is 8. The Morgan fingerprint density at radius 3 is 2.29 bits per heavy atom. The monoisotopic (exact) mass is 202 g/mol. The smallest absolute Gasteiger partial charge is 0.0630 e. The van der Waals surface area contributed by atoms with E-state index in [1.807, 2.05) is 0 Å². The van der Waals surface area contributed by atoms with E-state index in [1.165, 1.54) is 0 Å². The minimum absolute atomic E-state index is 0.491. The van der Waals surface area contributed by atoms with E-state index in [4.69, 9.17) is 4.74 Å². The Hall–Kier alpha value is -0.120. The van der Waals surface area contributed by atoms with Crippen LogP contribution in [0.5, 0.6) is 0 Å². The first-order valence-corrected chi connectivity index (χ1v) is 5.62. The largest absolute Gasteiger partial charge is 0.383 e. The molecule has 3 nitrogen and oxygen atoms in total. The SMILES string of the molecule is CCNCC(COC)N(CC)C(C)C. The predicted octanol–water partition coefficient (Wildman–Crippen LogP) is 1.34. The third-order valence-electron chi connectivity index (χ3n) is 2.49. The molecule has 0 aliphatic heterocycles. The molecule has 0 saturated carbocycles. The van der Waals surface area contributed by atoms with Crippen molar-refractivity contribution in [1.82, 2.24) is 10.2 Å². The minimum Gasteiger partial charge on any atom is -0.383 e. The van der Waals surface area contributed by atoms with Gasteiger partial charge in [0.15, 0.2) is 0 Å². The molecular weight excluding hydrogens is 176 g/mol. The molecule has 0 radical (unpaired) electrons. The van der Waals surface area contributed by atoms with Gasteiger partial charge in [0, 0.05) is 25.7 Å². The summed E-state index contributed by atoms with van der Waals surface area (Å²) in [6, 6.07) is 1.07. The van der Waals surface area contributed by atoms with Crippen LogP contribution in [-0.4, -0.2) is 50.3 Å². The summed E-state index contributed by atoms with van der Waals surface area (Å²) in [6.45, 7) is 12.7. The van der Waals surface area contributed by atoms with Crippen LogP contribution >= 0.6 is 0 Å². The van der Waals surface area contributed by atoms with Gasteiger partial charge in [0.05, 0.1) is 6.61 Å². The van der Waals surface area contributed by atoms with Gasteiger partial charge >= 0.3 is 0 Å². The van der Waals surface area contributed by atoms with Gasteiger partial charge in [-0.05, 0) is 26.9 Å². The van der Waals surface area contributed by atoms with Crippen LogP contribution < -0.4 is 5.32 Å². The van der Waals surface area contributed by atoms with Crippen LogP contribution in [0.1, 0.15) is 27.7 Å². The third kappa shape index (κ3) is 4.94. The number of hydrogen-bond acceptors (Lipinski definition) is 3. The highest BCUT2D eigenvalue weighted by Crippen LogP contribution is 2.05. The lowest BCUT2D eigenvalue weighted by Crippen LogP contribution is -2.48. The van der Waals surface area contributed by atoms with Crippen molar-refractivity contribution in [2.75, 3.05) is 33.4 Å². The first-order valence-electron chi connectivity index (χ1n) is 5.62. The Balaban J connectivity index is 4.12. The van der Waals surface area contributed by atoms with Gasteiger partial charge in [0.2, 0.25) is 0 Å². The average Bonchev–Trinajstić information content (AvgIpc) is 2.14. The lowest BCUT2D eigenvalue weighted by Gasteiger charge is -2.33. The van der Waals surface area contributed by atoms with E-state index in [2.05, 4.69) is 37.9 Å². The molecule has 1 atom stereocenters. The Morgan fingerprint density at radius 2 is 1.93 bits per heavy atom. The number of methoxy groups -OCH3 is 1. The second kappa shape index (κ2) is 8.21. The van der Waals surface area contributed by atoms with Crippen LogP contribution in [-0.2, 0) is 4.74 Å². The summed E-state index contributed by atoms with van der Waals surface area (Å²) in [5.41, 5.74) is 0. The molecule has 14 heavy (non-hydrogen) atoms. The lowest BCUT2D eigenvalue weighted by atomic mass is 10.2.